The fourth-order valence-electron chi connectivity index (χ4n) is 2.14. The minimum absolute atomic E-state index is 0.0427. The quantitative estimate of drug-likeness (QED) is 0.628. The Morgan fingerprint density at radius 2 is 1.92 bits per heavy atom. The van der Waals surface area contributed by atoms with Crippen molar-refractivity contribution in [3.63, 3.8) is 0 Å². The number of amides is 1. The molecular formula is C15H16F3NO5S. The van der Waals surface area contributed by atoms with Crippen LogP contribution >= 0.6 is 0 Å². The summed E-state index contributed by atoms with van der Waals surface area (Å²) in [5.41, 5.74) is -4.65. The van der Waals surface area contributed by atoms with E-state index in [1.165, 1.54) is 6.08 Å². The van der Waals surface area contributed by atoms with Gasteiger partial charge in [0.2, 0.25) is 0 Å². The lowest BCUT2D eigenvalue weighted by atomic mass is 10.0. The Hall–Kier alpha value is -2.23. The first-order valence-corrected chi connectivity index (χ1v) is 8.75. The number of alkyl carbamates (subject to hydrolysis) is 1. The zero-order valence-electron chi connectivity index (χ0n) is 13.0. The Balaban J connectivity index is 1.79. The summed E-state index contributed by atoms with van der Waals surface area (Å²) in [4.78, 5) is 11.7. The predicted octanol–water partition coefficient (Wildman–Crippen LogP) is 3.22. The van der Waals surface area contributed by atoms with Crippen LogP contribution in [0.2, 0.25) is 0 Å². The van der Waals surface area contributed by atoms with Gasteiger partial charge < -0.3 is 14.2 Å². The SMILES string of the molecule is O=C(NC1CC=C(OS(=O)(=O)C(F)(F)F)CC1)OCc1ccccc1. The molecule has 0 aliphatic heterocycles. The van der Waals surface area contributed by atoms with E-state index in [2.05, 4.69) is 9.50 Å². The number of carbonyl (C=O) groups excluding carboxylic acids is 1. The maximum atomic E-state index is 12.2. The van der Waals surface area contributed by atoms with Crippen LogP contribution in [0.15, 0.2) is 42.2 Å². The number of benzene rings is 1. The molecule has 0 fully saturated rings. The van der Waals surface area contributed by atoms with E-state index in [1.807, 2.05) is 6.07 Å². The van der Waals surface area contributed by atoms with Gasteiger partial charge in [-0.25, -0.2) is 4.79 Å². The molecule has 1 aromatic rings. The van der Waals surface area contributed by atoms with E-state index in [9.17, 15) is 26.4 Å². The van der Waals surface area contributed by atoms with E-state index in [0.717, 1.165) is 5.56 Å². The molecular weight excluding hydrogens is 363 g/mol. The van der Waals surface area contributed by atoms with Gasteiger partial charge in [-0.2, -0.15) is 21.6 Å². The van der Waals surface area contributed by atoms with Gasteiger partial charge >= 0.3 is 21.7 Å². The third kappa shape index (κ3) is 5.66. The highest BCUT2D eigenvalue weighted by Gasteiger charge is 2.48. The van der Waals surface area contributed by atoms with Crippen LogP contribution in [0.5, 0.6) is 0 Å². The molecule has 0 saturated carbocycles. The van der Waals surface area contributed by atoms with Crippen LogP contribution in [0.1, 0.15) is 24.8 Å². The Labute approximate surface area is 142 Å². The number of hydrogen-bond acceptors (Lipinski definition) is 5. The summed E-state index contributed by atoms with van der Waals surface area (Å²) in [7, 11) is -5.66. The van der Waals surface area contributed by atoms with Crippen LogP contribution in [-0.4, -0.2) is 26.1 Å². The molecule has 1 aliphatic rings. The van der Waals surface area contributed by atoms with Gasteiger partial charge in [-0.15, -0.1) is 0 Å². The Bertz CT molecular complexity index is 731. The second kappa shape index (κ2) is 7.77. The van der Waals surface area contributed by atoms with E-state index >= 15 is 0 Å². The molecule has 6 nitrogen and oxygen atoms in total. The van der Waals surface area contributed by atoms with Crippen LogP contribution in [0.4, 0.5) is 18.0 Å². The molecule has 0 saturated heterocycles. The molecule has 1 unspecified atom stereocenters. The van der Waals surface area contributed by atoms with Crippen molar-refractivity contribution in [1.29, 1.82) is 0 Å². The average molecular weight is 379 g/mol. The number of nitrogens with one attached hydrogen (secondary N) is 1. The summed E-state index contributed by atoms with van der Waals surface area (Å²) in [6, 6.07) is 8.65. The normalized spacial score (nSPS) is 18.2. The second-order valence-corrected chi connectivity index (χ2v) is 6.87. The molecule has 1 aromatic carbocycles. The number of rotatable bonds is 5. The molecule has 0 bridgehead atoms. The highest BCUT2D eigenvalue weighted by molar-refractivity contribution is 7.87. The van der Waals surface area contributed by atoms with Crippen molar-refractivity contribution in [2.75, 3.05) is 0 Å². The highest BCUT2D eigenvalue weighted by Crippen LogP contribution is 2.29. The number of allylic oxidation sites excluding steroid dienone is 1. The molecule has 0 aromatic heterocycles. The third-order valence-electron chi connectivity index (χ3n) is 3.40. The molecule has 1 atom stereocenters. The molecule has 0 radical (unpaired) electrons. The topological polar surface area (TPSA) is 81.7 Å². The third-order valence-corrected chi connectivity index (χ3v) is 4.40. The van der Waals surface area contributed by atoms with Crippen molar-refractivity contribution in [1.82, 2.24) is 5.32 Å². The van der Waals surface area contributed by atoms with Crippen molar-refractivity contribution < 1.29 is 35.3 Å². The molecule has 1 aliphatic carbocycles. The van der Waals surface area contributed by atoms with Crippen molar-refractivity contribution in [3.05, 3.63) is 47.7 Å². The molecule has 2 rings (SSSR count). The first-order chi connectivity index (χ1) is 11.7. The van der Waals surface area contributed by atoms with Crippen LogP contribution in [0.25, 0.3) is 0 Å². The smallest absolute Gasteiger partial charge is 0.445 e. The molecule has 1 N–H and O–H groups in total. The van der Waals surface area contributed by atoms with Crippen LogP contribution in [-0.2, 0) is 25.6 Å². The minimum Gasteiger partial charge on any atom is -0.445 e. The molecule has 0 spiro atoms. The standard InChI is InChI=1S/C15H16F3NO5S/c16-15(17,18)25(21,22)24-13-8-6-12(7-9-13)19-14(20)23-10-11-4-2-1-3-5-11/h1-5,8,12H,6-7,9-10H2,(H,19,20). The monoisotopic (exact) mass is 379 g/mol. The van der Waals surface area contributed by atoms with Crippen LogP contribution in [0, 0.1) is 0 Å². The van der Waals surface area contributed by atoms with Crippen molar-refractivity contribution in [2.45, 2.75) is 37.4 Å². The van der Waals surface area contributed by atoms with Gasteiger partial charge in [0.1, 0.15) is 12.4 Å². The Kier molecular flexibility index (Phi) is 5.93. The first-order valence-electron chi connectivity index (χ1n) is 7.34. The van der Waals surface area contributed by atoms with Gasteiger partial charge in [0.05, 0.1) is 0 Å². The largest absolute Gasteiger partial charge is 0.534 e. The molecule has 0 heterocycles. The fourth-order valence-corrected chi connectivity index (χ4v) is 2.66. The van der Waals surface area contributed by atoms with Crippen LogP contribution in [0.3, 0.4) is 0 Å². The van der Waals surface area contributed by atoms with Crippen molar-refractivity contribution in [3.8, 4) is 0 Å². The summed E-state index contributed by atoms with van der Waals surface area (Å²) in [6.45, 7) is 0.0907. The molecule has 25 heavy (non-hydrogen) atoms. The Morgan fingerprint density at radius 3 is 2.48 bits per heavy atom. The Morgan fingerprint density at radius 1 is 1.24 bits per heavy atom. The predicted molar refractivity (Wildman–Crippen MR) is 81.5 cm³/mol. The molecule has 1 amide bonds. The second-order valence-electron chi connectivity index (χ2n) is 5.33. The molecule has 138 valence electrons. The number of ether oxygens (including phenoxy) is 1. The lowest BCUT2D eigenvalue weighted by Crippen LogP contribution is -2.36. The summed E-state index contributed by atoms with van der Waals surface area (Å²) in [5, 5.41) is 2.57. The van der Waals surface area contributed by atoms with E-state index in [0.29, 0.717) is 0 Å². The minimum atomic E-state index is -5.66. The lowest BCUT2D eigenvalue weighted by Gasteiger charge is -2.22. The van der Waals surface area contributed by atoms with Crippen LogP contribution < -0.4 is 5.32 Å². The highest BCUT2D eigenvalue weighted by atomic mass is 32.2. The van der Waals surface area contributed by atoms with Crippen molar-refractivity contribution in [2.24, 2.45) is 0 Å². The van der Waals surface area contributed by atoms with Gasteiger partial charge in [-0.05, 0) is 24.5 Å². The summed E-state index contributed by atoms with van der Waals surface area (Å²) < 4.78 is 67.7. The zero-order valence-corrected chi connectivity index (χ0v) is 13.8. The number of halogens is 3. The lowest BCUT2D eigenvalue weighted by molar-refractivity contribution is -0.0524. The summed E-state index contributed by atoms with van der Waals surface area (Å²) in [5.74, 6) is -0.284. The van der Waals surface area contributed by atoms with Gasteiger partial charge in [0.25, 0.3) is 0 Å². The van der Waals surface area contributed by atoms with Gasteiger partial charge in [0, 0.05) is 12.5 Å². The van der Waals surface area contributed by atoms with E-state index < -0.39 is 21.7 Å². The zero-order chi connectivity index (χ0) is 18.5. The van der Waals surface area contributed by atoms with E-state index in [4.69, 9.17) is 4.74 Å². The summed E-state index contributed by atoms with van der Waals surface area (Å²) in [6.07, 6.45) is 0.894. The first kappa shape index (κ1) is 19.1. The van der Waals surface area contributed by atoms with Gasteiger partial charge in [0.15, 0.2) is 0 Å². The maximum Gasteiger partial charge on any atom is 0.534 e. The number of alkyl halides is 3. The van der Waals surface area contributed by atoms with E-state index in [-0.39, 0.29) is 37.7 Å². The molecule has 10 heteroatoms. The summed E-state index contributed by atoms with van der Waals surface area (Å²) >= 11 is 0. The average Bonchev–Trinajstić information content (AvgIpc) is 2.54. The number of hydrogen-bond donors (Lipinski definition) is 1. The van der Waals surface area contributed by atoms with Gasteiger partial charge in [-0.1, -0.05) is 30.3 Å². The van der Waals surface area contributed by atoms with Gasteiger partial charge in [-0.3, -0.25) is 0 Å². The fraction of sp³-hybridized carbons (Fsp3) is 0.400. The maximum absolute atomic E-state index is 12.2. The van der Waals surface area contributed by atoms with E-state index in [1.54, 1.807) is 24.3 Å². The van der Waals surface area contributed by atoms with Crippen molar-refractivity contribution >= 4 is 16.2 Å². The number of carbonyl (C=O) groups is 1.